The summed E-state index contributed by atoms with van der Waals surface area (Å²) in [6.45, 7) is 5.92. The van der Waals surface area contributed by atoms with Crippen molar-refractivity contribution in [1.29, 1.82) is 0 Å². The van der Waals surface area contributed by atoms with Gasteiger partial charge in [-0.25, -0.2) is 9.59 Å². The fourth-order valence-electron chi connectivity index (χ4n) is 5.72. The fourth-order valence-corrected chi connectivity index (χ4v) is 7.20. The number of aliphatic carboxylic acids is 1. The number of rotatable bonds is 10. The van der Waals surface area contributed by atoms with Crippen LogP contribution in [0.4, 0.5) is 4.79 Å². The number of carboxylic acid groups (broad SMARTS) is 1. The molecule has 0 aromatic heterocycles. The molecule has 0 spiro atoms. The molecule has 1 heterocycles. The van der Waals surface area contributed by atoms with Crippen molar-refractivity contribution in [2.45, 2.75) is 56.9 Å². The normalized spacial score (nSPS) is 19.2. The highest BCUT2D eigenvalue weighted by Crippen LogP contribution is 2.44. The molecule has 4 atom stereocenters. The van der Waals surface area contributed by atoms with Crippen LogP contribution in [-0.2, 0) is 25.7 Å². The molecule has 0 saturated carbocycles. The molecule has 3 aromatic carbocycles. The number of thioether (sulfide) groups is 1. The van der Waals surface area contributed by atoms with Gasteiger partial charge >= 0.3 is 12.1 Å². The highest BCUT2D eigenvalue weighted by Gasteiger charge is 2.46. The highest BCUT2D eigenvalue weighted by atomic mass is 32.2. The average molecular weight is 589 g/mol. The van der Waals surface area contributed by atoms with Crippen LogP contribution in [0.5, 0.6) is 0 Å². The van der Waals surface area contributed by atoms with Crippen LogP contribution in [0, 0.1) is 5.92 Å². The lowest BCUT2D eigenvalue weighted by atomic mass is 9.98. The van der Waals surface area contributed by atoms with Gasteiger partial charge in [-0.2, -0.15) is 0 Å². The van der Waals surface area contributed by atoms with Gasteiger partial charge in [-0.1, -0.05) is 92.7 Å². The maximum absolute atomic E-state index is 14.1. The zero-order valence-corrected chi connectivity index (χ0v) is 24.8. The van der Waals surface area contributed by atoms with E-state index in [2.05, 4.69) is 17.4 Å². The smallest absolute Gasteiger partial charge is 0.407 e. The minimum Gasteiger partial charge on any atom is -0.480 e. The van der Waals surface area contributed by atoms with Crippen LogP contribution in [-0.4, -0.2) is 63.9 Å². The Labute approximate surface area is 250 Å². The Morgan fingerprint density at radius 3 is 2.12 bits per heavy atom. The summed E-state index contributed by atoms with van der Waals surface area (Å²) in [6.07, 6.45) is -1.52. The summed E-state index contributed by atoms with van der Waals surface area (Å²) in [7, 11) is 0. The predicted octanol–water partition coefficient (Wildman–Crippen LogP) is 5.51. The number of carboxylic acids is 1. The van der Waals surface area contributed by atoms with E-state index in [9.17, 15) is 19.5 Å². The van der Waals surface area contributed by atoms with E-state index in [0.29, 0.717) is 0 Å². The number of carbonyl (C=O) groups is 3. The molecule has 5 rings (SSSR count). The number of nitrogens with one attached hydrogen (secondary N) is 1. The standard InChI is InChI=1S/C33H36N2O6S/c1-20(2)31-35(28(19-42-31)32(37)38)30(36)29(21(3)40-17-22-11-5-4-6-12-22)34-33(39)41-18-27-25-15-9-7-13-23(25)24-14-8-10-16-26(24)27/h4-16,20-21,27-29,31H,17-19H2,1-3H3,(H,34,39)(H,37,38)/t21-,28?,29+,31?/m0/s1. The number of carbonyl (C=O) groups excluding carboxylic acids is 2. The monoisotopic (exact) mass is 588 g/mol. The molecule has 42 heavy (non-hydrogen) atoms. The van der Waals surface area contributed by atoms with E-state index in [4.69, 9.17) is 9.47 Å². The van der Waals surface area contributed by atoms with E-state index < -0.39 is 36.2 Å². The molecule has 2 N–H and O–H groups in total. The fraction of sp³-hybridized carbons (Fsp3) is 0.364. The number of hydrogen-bond donors (Lipinski definition) is 2. The van der Waals surface area contributed by atoms with Crippen molar-refractivity contribution < 1.29 is 29.0 Å². The Hall–Kier alpha value is -3.82. The molecular formula is C33H36N2O6S. The summed E-state index contributed by atoms with van der Waals surface area (Å²) in [5.74, 6) is -1.42. The van der Waals surface area contributed by atoms with Crippen LogP contribution in [0.2, 0.25) is 0 Å². The van der Waals surface area contributed by atoms with Gasteiger partial charge in [0.2, 0.25) is 5.91 Å². The van der Waals surface area contributed by atoms with Crippen LogP contribution >= 0.6 is 11.8 Å². The Bertz CT molecular complexity index is 1390. The lowest BCUT2D eigenvalue weighted by molar-refractivity contribution is -0.152. The van der Waals surface area contributed by atoms with Crippen molar-refractivity contribution in [3.63, 3.8) is 0 Å². The minimum atomic E-state index is -1.15. The molecule has 2 amide bonds. The summed E-state index contributed by atoms with van der Waals surface area (Å²) in [5, 5.41) is 12.3. The third-order valence-electron chi connectivity index (χ3n) is 7.85. The third-order valence-corrected chi connectivity index (χ3v) is 9.47. The van der Waals surface area contributed by atoms with E-state index in [1.165, 1.54) is 16.7 Å². The van der Waals surface area contributed by atoms with Crippen LogP contribution in [0.25, 0.3) is 11.1 Å². The maximum Gasteiger partial charge on any atom is 0.407 e. The van der Waals surface area contributed by atoms with E-state index in [-0.39, 0.29) is 36.2 Å². The van der Waals surface area contributed by atoms with E-state index in [1.807, 2.05) is 80.6 Å². The zero-order chi connectivity index (χ0) is 29.8. The summed E-state index contributed by atoms with van der Waals surface area (Å²) >= 11 is 1.44. The van der Waals surface area contributed by atoms with Gasteiger partial charge in [-0.15, -0.1) is 11.8 Å². The highest BCUT2D eigenvalue weighted by molar-refractivity contribution is 8.00. The largest absolute Gasteiger partial charge is 0.480 e. The lowest BCUT2D eigenvalue weighted by Gasteiger charge is -2.34. The molecule has 1 aliphatic heterocycles. The van der Waals surface area contributed by atoms with E-state index in [1.54, 1.807) is 6.92 Å². The molecule has 0 radical (unpaired) electrons. The van der Waals surface area contributed by atoms with Gasteiger partial charge in [-0.05, 0) is 40.7 Å². The number of amides is 2. The molecule has 3 aromatic rings. The maximum atomic E-state index is 14.1. The second-order valence-corrected chi connectivity index (χ2v) is 12.2. The number of fused-ring (bicyclic) bond motifs is 3. The lowest BCUT2D eigenvalue weighted by Crippen LogP contribution is -2.59. The molecule has 8 nitrogen and oxygen atoms in total. The van der Waals surface area contributed by atoms with Crippen molar-refractivity contribution in [2.75, 3.05) is 12.4 Å². The predicted molar refractivity (Wildman–Crippen MR) is 162 cm³/mol. The molecule has 1 saturated heterocycles. The summed E-state index contributed by atoms with van der Waals surface area (Å²) in [5.41, 5.74) is 5.30. The van der Waals surface area contributed by atoms with E-state index >= 15 is 0 Å². The van der Waals surface area contributed by atoms with Crippen LogP contribution in [0.3, 0.4) is 0 Å². The SMILES string of the molecule is CC(C)C1SCC(C(=O)O)N1C(=O)[C@H](NC(=O)OCC1c2ccccc2-c2ccccc21)[C@H](C)OCc1ccccc1. The van der Waals surface area contributed by atoms with Crippen LogP contribution in [0.15, 0.2) is 78.9 Å². The third kappa shape index (κ3) is 6.17. The number of alkyl carbamates (subject to hydrolysis) is 1. The molecule has 0 bridgehead atoms. The molecule has 220 valence electrons. The van der Waals surface area contributed by atoms with Crippen LogP contribution in [0.1, 0.15) is 43.4 Å². The Morgan fingerprint density at radius 2 is 1.52 bits per heavy atom. The van der Waals surface area contributed by atoms with Crippen molar-refractivity contribution >= 4 is 29.7 Å². The first kappa shape index (κ1) is 29.7. The first-order valence-corrected chi connectivity index (χ1v) is 15.2. The van der Waals surface area contributed by atoms with Gasteiger partial charge in [0.25, 0.3) is 0 Å². The second kappa shape index (κ2) is 13.0. The van der Waals surface area contributed by atoms with E-state index in [0.717, 1.165) is 27.8 Å². The van der Waals surface area contributed by atoms with Gasteiger partial charge in [-0.3, -0.25) is 4.79 Å². The van der Waals surface area contributed by atoms with Gasteiger partial charge in [0.15, 0.2) is 0 Å². The topological polar surface area (TPSA) is 105 Å². The molecule has 2 aliphatic rings. The molecular weight excluding hydrogens is 552 g/mol. The number of benzene rings is 3. The average Bonchev–Trinajstić information content (AvgIpc) is 3.58. The van der Waals surface area contributed by atoms with Crippen LogP contribution < -0.4 is 5.32 Å². The Balaban J connectivity index is 1.34. The van der Waals surface area contributed by atoms with Gasteiger partial charge in [0.05, 0.1) is 18.1 Å². The van der Waals surface area contributed by atoms with Crippen molar-refractivity contribution in [3.8, 4) is 11.1 Å². The number of hydrogen-bond acceptors (Lipinski definition) is 6. The molecule has 9 heteroatoms. The minimum absolute atomic E-state index is 0.0129. The zero-order valence-electron chi connectivity index (χ0n) is 23.9. The quantitative estimate of drug-likeness (QED) is 0.322. The Kier molecular flexibility index (Phi) is 9.18. The summed E-state index contributed by atoms with van der Waals surface area (Å²) in [6, 6.07) is 23.5. The van der Waals surface area contributed by atoms with Gasteiger partial charge in [0, 0.05) is 11.7 Å². The van der Waals surface area contributed by atoms with Crippen molar-refractivity contribution in [3.05, 3.63) is 95.6 Å². The second-order valence-electron chi connectivity index (χ2n) is 11.0. The number of nitrogens with zero attached hydrogens (tertiary/aromatic N) is 1. The van der Waals surface area contributed by atoms with Gasteiger partial charge < -0.3 is 24.8 Å². The van der Waals surface area contributed by atoms with Crippen molar-refractivity contribution in [2.24, 2.45) is 5.92 Å². The van der Waals surface area contributed by atoms with Crippen molar-refractivity contribution in [1.82, 2.24) is 10.2 Å². The Morgan fingerprint density at radius 1 is 0.929 bits per heavy atom. The molecule has 1 aliphatic carbocycles. The first-order valence-electron chi connectivity index (χ1n) is 14.2. The van der Waals surface area contributed by atoms with Gasteiger partial charge in [0.1, 0.15) is 18.7 Å². The summed E-state index contributed by atoms with van der Waals surface area (Å²) in [4.78, 5) is 40.8. The number of ether oxygens (including phenoxy) is 2. The molecule has 1 fully saturated rings. The first-order chi connectivity index (χ1) is 20.3. The molecule has 2 unspecified atom stereocenters. The summed E-state index contributed by atoms with van der Waals surface area (Å²) < 4.78 is 11.8.